The van der Waals surface area contributed by atoms with E-state index in [0.29, 0.717) is 42.0 Å². The van der Waals surface area contributed by atoms with Crippen LogP contribution in [0.5, 0.6) is 17.5 Å². The molecule has 17 nitrogen and oxygen atoms in total. The third-order valence-electron chi connectivity index (χ3n) is 17.9. The van der Waals surface area contributed by atoms with Gasteiger partial charge in [-0.1, -0.05) is 83.4 Å². The molecule has 0 spiro atoms. The van der Waals surface area contributed by atoms with Crippen LogP contribution in [0.15, 0.2) is 54.2 Å². The number of terminal acetylenes is 1. The number of unbranched alkanes of at least 4 members (excludes halogenated alkanes) is 7. The number of aliphatic hydroxyl groups excluding tert-OH is 1. The van der Waals surface area contributed by atoms with E-state index in [1.165, 1.54) is 29.2 Å². The van der Waals surface area contributed by atoms with Crippen LogP contribution in [0.3, 0.4) is 0 Å². The molecule has 5 atom stereocenters. The third-order valence-corrected chi connectivity index (χ3v) is 18.7. The Labute approximate surface area is 510 Å². The number of halogens is 3. The molecule has 87 heavy (non-hydrogen) atoms. The number of ether oxygens (including phenoxy) is 2. The summed E-state index contributed by atoms with van der Waals surface area (Å²) >= 11 is 1.56. The average molecular weight is 1210 g/mol. The Bertz CT molecular complexity index is 3550. The minimum Gasteiger partial charge on any atom is -0.508 e. The number of aromatic nitrogens is 4. The number of benzene rings is 3. The van der Waals surface area contributed by atoms with Crippen LogP contribution in [-0.4, -0.2) is 146 Å². The number of anilines is 1. The minimum atomic E-state index is -1.98. The number of aryl methyl sites for hydroxylation is 1. The van der Waals surface area contributed by atoms with Gasteiger partial charge in [0, 0.05) is 90.9 Å². The van der Waals surface area contributed by atoms with Crippen LogP contribution in [0.25, 0.3) is 44.2 Å². The maximum Gasteiger partial charge on any atom is 0.319 e. The van der Waals surface area contributed by atoms with E-state index < -0.39 is 58.6 Å². The highest BCUT2D eigenvalue weighted by Gasteiger charge is 2.53. The van der Waals surface area contributed by atoms with Crippen LogP contribution in [0.2, 0.25) is 0 Å². The predicted molar refractivity (Wildman–Crippen MR) is 329 cm³/mol. The number of piperidine rings is 1. The topological polar surface area (TPSA) is 208 Å². The van der Waals surface area contributed by atoms with Gasteiger partial charge < -0.3 is 50.3 Å². The fraction of sp³-hybridized carbons (Fsp3) is 0.530. The average Bonchev–Trinajstić information content (AvgIpc) is 1.66. The normalized spacial score (nSPS) is 20.6. The number of aliphatic hydroxyl groups is 1. The van der Waals surface area contributed by atoms with Crippen LogP contribution in [0.4, 0.5) is 19.0 Å². The van der Waals surface area contributed by atoms with Gasteiger partial charge in [-0.2, -0.15) is 9.97 Å². The number of nitrogens with zero attached hydrogens (tertiary/aromatic N) is 7. The number of alkyl halides is 1. The van der Waals surface area contributed by atoms with Crippen LogP contribution in [0, 0.1) is 36.3 Å². The number of aromatic hydroxyl groups is 1. The number of β-amino-alcohol motifs (C(OH)–C–C–N with tert-alkyl or cyclic N) is 1. The van der Waals surface area contributed by atoms with Crippen LogP contribution in [-0.2, 0) is 20.9 Å². The fourth-order valence-corrected chi connectivity index (χ4v) is 13.5. The number of rotatable bonds is 23. The number of nitrogens with one attached hydrogen (secondary N) is 3. The van der Waals surface area contributed by atoms with Gasteiger partial charge in [0.25, 0.3) is 5.91 Å². The molecule has 0 radical (unpaired) electrons. The standard InChI is InChI=1S/C66H79F3N10O7S/c1-6-48-51(67)20-17-40-29-45(80)31-49(54(40)48)57-55(68)58-50(34-70-57)60(78-35-43-18-19-44(36-78)73-43)76-64(74-58)86-47-21-26-77(27-22-47)25-13-11-9-7-8-10-12-14-28-85-53-30-41(56-39(2)87-38-72-56)15-16-42(53)33-71-61(82)52-32-46(81)37-79(52)62(83)59(65(3,4)5)75-63(84)66(69)23-24-66/h1,15-17,20,29-31,34,38,43-44,46-47,52,59,73,80-81H,7-14,18-19,21-28,32-33,35-37H2,2-5H3,(H,71,82)(H,75,84)/t43?,44?,46-,52+,59-/m1/s1. The molecule has 462 valence electrons. The smallest absolute Gasteiger partial charge is 0.319 e. The molecule has 3 aromatic carbocycles. The van der Waals surface area contributed by atoms with Crippen LogP contribution < -0.4 is 30.3 Å². The van der Waals surface area contributed by atoms with Crippen molar-refractivity contribution in [1.82, 2.24) is 45.7 Å². The van der Waals surface area contributed by atoms with Crippen molar-refractivity contribution in [2.24, 2.45) is 5.41 Å². The highest BCUT2D eigenvalue weighted by Crippen LogP contribution is 2.42. The first-order chi connectivity index (χ1) is 41.8. The number of hydrogen-bond donors (Lipinski definition) is 5. The number of pyridine rings is 1. The Kier molecular flexibility index (Phi) is 18.6. The number of fused-ring (bicyclic) bond motifs is 4. The number of likely N-dealkylation sites (tertiary alicyclic amines) is 2. The number of piperazine rings is 1. The molecule has 3 amide bonds. The van der Waals surface area contributed by atoms with E-state index in [2.05, 4.69) is 41.6 Å². The number of phenolic OH excluding ortho intramolecular Hbond substituents is 1. The zero-order valence-electron chi connectivity index (χ0n) is 50.1. The lowest BCUT2D eigenvalue weighted by Gasteiger charge is -2.35. The zero-order chi connectivity index (χ0) is 61.1. The first-order valence-electron chi connectivity index (χ1n) is 30.9. The van der Waals surface area contributed by atoms with Crippen molar-refractivity contribution in [3.05, 3.63) is 81.8 Å². The first kappa shape index (κ1) is 61.5. The summed E-state index contributed by atoms with van der Waals surface area (Å²) in [6, 6.07) is 9.96. The molecule has 1 aliphatic carbocycles. The molecular formula is C66H79F3N10O7S. The van der Waals surface area contributed by atoms with E-state index in [1.807, 2.05) is 30.6 Å². The van der Waals surface area contributed by atoms with Crippen molar-refractivity contribution in [2.75, 3.05) is 50.8 Å². The van der Waals surface area contributed by atoms with E-state index >= 15 is 8.78 Å². The van der Waals surface area contributed by atoms with Crippen LogP contribution in [0.1, 0.15) is 133 Å². The van der Waals surface area contributed by atoms with E-state index in [-0.39, 0.29) is 90.0 Å². The van der Waals surface area contributed by atoms with Gasteiger partial charge in [0.15, 0.2) is 11.5 Å². The lowest BCUT2D eigenvalue weighted by Crippen LogP contribution is -2.59. The lowest BCUT2D eigenvalue weighted by molar-refractivity contribution is -0.145. The summed E-state index contributed by atoms with van der Waals surface area (Å²) in [5.41, 5.74) is 1.59. The van der Waals surface area contributed by atoms with Crippen molar-refractivity contribution in [2.45, 2.75) is 173 Å². The van der Waals surface area contributed by atoms with Gasteiger partial charge in [-0.15, -0.1) is 17.8 Å². The van der Waals surface area contributed by atoms with E-state index in [4.69, 9.17) is 25.9 Å². The molecule has 3 aromatic heterocycles. The Hall–Kier alpha value is -7.12. The SMILES string of the molecule is C#Cc1c(F)ccc2cc(O)cc(-c3ncc4c(N5CC6CCC(C5)N6)nc(OC5CCN(CCCCCCCCCCOc6cc(-c7ncsc7C)ccc6CNC(=O)[C@@H]6C[C@@H](O)CN6C(=O)[C@@H](NC(=O)C6(F)CC6)C(C)(C)C)CC5)nc4c3F)c12. The predicted octanol–water partition coefficient (Wildman–Crippen LogP) is 9.84. The molecule has 2 bridgehead atoms. The second-order valence-electron chi connectivity index (χ2n) is 25.5. The molecule has 2 unspecified atom stereocenters. The molecule has 4 aliphatic heterocycles. The maximum absolute atomic E-state index is 17.1. The Morgan fingerprint density at radius 2 is 1.64 bits per heavy atom. The monoisotopic (exact) mass is 1210 g/mol. The van der Waals surface area contributed by atoms with E-state index in [9.17, 15) is 29.0 Å². The molecule has 7 heterocycles. The van der Waals surface area contributed by atoms with E-state index in [0.717, 1.165) is 118 Å². The molecule has 11 rings (SSSR count). The van der Waals surface area contributed by atoms with Gasteiger partial charge >= 0.3 is 6.01 Å². The van der Waals surface area contributed by atoms with Crippen molar-refractivity contribution in [3.63, 3.8) is 0 Å². The summed E-state index contributed by atoms with van der Waals surface area (Å²) in [5.74, 6) is 0.274. The second-order valence-corrected chi connectivity index (χ2v) is 26.5. The summed E-state index contributed by atoms with van der Waals surface area (Å²) in [6.45, 7) is 12.0. The van der Waals surface area contributed by atoms with Crippen molar-refractivity contribution in [1.29, 1.82) is 0 Å². The number of carbonyl (C=O) groups is 3. The summed E-state index contributed by atoms with van der Waals surface area (Å²) in [5, 5.41) is 31.8. The van der Waals surface area contributed by atoms with Gasteiger partial charge in [0.1, 0.15) is 52.5 Å². The van der Waals surface area contributed by atoms with Gasteiger partial charge in [0.05, 0.1) is 34.9 Å². The number of thiazole rings is 1. The number of amides is 3. The molecule has 5 fully saturated rings. The van der Waals surface area contributed by atoms with Crippen molar-refractivity contribution >= 4 is 56.6 Å². The van der Waals surface area contributed by atoms with Crippen LogP contribution >= 0.6 is 11.3 Å². The lowest BCUT2D eigenvalue weighted by atomic mass is 9.85. The molecule has 4 saturated heterocycles. The third kappa shape index (κ3) is 13.9. The van der Waals surface area contributed by atoms with E-state index in [1.54, 1.807) is 38.3 Å². The highest BCUT2D eigenvalue weighted by molar-refractivity contribution is 7.10. The van der Waals surface area contributed by atoms with Crippen molar-refractivity contribution in [3.8, 4) is 52.4 Å². The highest BCUT2D eigenvalue weighted by atomic mass is 32.1. The second kappa shape index (κ2) is 26.3. The first-order valence-corrected chi connectivity index (χ1v) is 31.8. The molecule has 5 aliphatic rings. The molecule has 1 saturated carbocycles. The van der Waals surface area contributed by atoms with Gasteiger partial charge in [-0.25, -0.2) is 18.2 Å². The summed E-state index contributed by atoms with van der Waals surface area (Å²) in [6.07, 6.45) is 18.7. The van der Waals surface area contributed by atoms with Gasteiger partial charge in [-0.3, -0.25) is 19.4 Å². The molecule has 6 aromatic rings. The molecular weight excluding hydrogens is 1130 g/mol. The van der Waals surface area contributed by atoms with Gasteiger partial charge in [0.2, 0.25) is 11.8 Å². The largest absolute Gasteiger partial charge is 0.508 e. The molecule has 21 heteroatoms. The fourth-order valence-electron chi connectivity index (χ4n) is 12.9. The Morgan fingerprint density at radius 1 is 0.920 bits per heavy atom. The number of phenols is 1. The maximum atomic E-state index is 17.1. The van der Waals surface area contributed by atoms with Gasteiger partial charge in [-0.05, 0) is 99.9 Å². The minimum absolute atomic E-state index is 0.0298. The Balaban J connectivity index is 0.632. The zero-order valence-corrected chi connectivity index (χ0v) is 50.9. The molecule has 5 N–H and O–H groups in total. The summed E-state index contributed by atoms with van der Waals surface area (Å²) < 4.78 is 59.9. The summed E-state index contributed by atoms with van der Waals surface area (Å²) in [4.78, 5) is 66.4. The number of carbonyl (C=O) groups excluding carboxylic acids is 3. The van der Waals surface area contributed by atoms with Crippen molar-refractivity contribution < 1.29 is 47.2 Å². The summed E-state index contributed by atoms with van der Waals surface area (Å²) in [7, 11) is 0. The Morgan fingerprint density at radius 3 is 2.33 bits per heavy atom. The number of hydrogen-bond acceptors (Lipinski definition) is 15. The quantitative estimate of drug-likeness (QED) is 0.0299.